The minimum atomic E-state index is -0.410. The summed E-state index contributed by atoms with van der Waals surface area (Å²) in [6.07, 6.45) is 3.76. The second kappa shape index (κ2) is 7.79. The van der Waals surface area contributed by atoms with Crippen LogP contribution in [0.1, 0.15) is 23.3 Å². The minimum Gasteiger partial charge on any atom is -0.376 e. The van der Waals surface area contributed by atoms with E-state index in [0.29, 0.717) is 28.2 Å². The molecule has 0 saturated carbocycles. The van der Waals surface area contributed by atoms with E-state index in [0.717, 1.165) is 19.4 Å². The Labute approximate surface area is 149 Å². The number of anilines is 2. The van der Waals surface area contributed by atoms with Crippen LogP contribution in [0.15, 0.2) is 30.5 Å². The second-order valence-corrected chi connectivity index (χ2v) is 6.15. The molecule has 1 unspecified atom stereocenters. The molecule has 0 spiro atoms. The first-order valence-corrected chi connectivity index (χ1v) is 8.33. The number of hydrogen-bond acceptors (Lipinski definition) is 5. The molecule has 1 saturated heterocycles. The van der Waals surface area contributed by atoms with E-state index >= 15 is 0 Å². The van der Waals surface area contributed by atoms with Gasteiger partial charge in [-0.3, -0.25) is 4.79 Å². The van der Waals surface area contributed by atoms with Crippen LogP contribution in [0.4, 0.5) is 11.6 Å². The van der Waals surface area contributed by atoms with Crippen LogP contribution in [0.5, 0.6) is 0 Å². The highest BCUT2D eigenvalue weighted by Gasteiger charge is 2.16. The minimum absolute atomic E-state index is 0.160. The number of aromatic nitrogens is 2. The Morgan fingerprint density at radius 1 is 1.29 bits per heavy atom. The predicted octanol–water partition coefficient (Wildman–Crippen LogP) is 3.63. The molecule has 2 aromatic rings. The molecule has 1 aromatic carbocycles. The van der Waals surface area contributed by atoms with Crippen molar-refractivity contribution in [3.63, 3.8) is 0 Å². The summed E-state index contributed by atoms with van der Waals surface area (Å²) in [6, 6.07) is 6.53. The van der Waals surface area contributed by atoms with E-state index in [4.69, 9.17) is 27.9 Å². The largest absolute Gasteiger partial charge is 0.376 e. The van der Waals surface area contributed by atoms with Gasteiger partial charge in [0.05, 0.1) is 21.8 Å². The number of carbonyl (C=O) groups excluding carboxylic acids is 1. The van der Waals surface area contributed by atoms with E-state index in [2.05, 4.69) is 20.6 Å². The van der Waals surface area contributed by atoms with Gasteiger partial charge in [-0.15, -0.1) is 0 Å². The van der Waals surface area contributed by atoms with Crippen molar-refractivity contribution in [2.24, 2.45) is 0 Å². The van der Waals surface area contributed by atoms with Crippen molar-refractivity contribution in [2.45, 2.75) is 18.9 Å². The molecular weight excluding hydrogens is 351 g/mol. The Morgan fingerprint density at radius 3 is 2.79 bits per heavy atom. The zero-order valence-electron chi connectivity index (χ0n) is 12.8. The highest BCUT2D eigenvalue weighted by atomic mass is 35.5. The third-order valence-electron chi connectivity index (χ3n) is 3.60. The monoisotopic (exact) mass is 366 g/mol. The lowest BCUT2D eigenvalue weighted by Gasteiger charge is -2.12. The standard InChI is InChI=1S/C16H16Cl2N4O2/c17-11-4-1-5-12(18)14(11)22-15(23)13-6-7-19-16(21-13)20-9-10-3-2-8-24-10/h1,4-7,10H,2-3,8-9H2,(H,22,23)(H,19,20,21). The Hall–Kier alpha value is -1.89. The molecule has 0 radical (unpaired) electrons. The maximum atomic E-state index is 12.4. The molecule has 1 aromatic heterocycles. The average molecular weight is 367 g/mol. The molecule has 0 aliphatic carbocycles. The van der Waals surface area contributed by atoms with Crippen molar-refractivity contribution < 1.29 is 9.53 Å². The van der Waals surface area contributed by atoms with Crippen molar-refractivity contribution in [2.75, 3.05) is 23.8 Å². The number of nitrogens with zero attached hydrogens (tertiary/aromatic N) is 2. The van der Waals surface area contributed by atoms with E-state index in [9.17, 15) is 4.79 Å². The summed E-state index contributed by atoms with van der Waals surface area (Å²) in [5, 5.41) is 6.49. The van der Waals surface area contributed by atoms with Crippen LogP contribution >= 0.6 is 23.2 Å². The second-order valence-electron chi connectivity index (χ2n) is 5.33. The van der Waals surface area contributed by atoms with E-state index in [1.165, 1.54) is 12.3 Å². The lowest BCUT2D eigenvalue weighted by molar-refractivity contribution is 0.102. The van der Waals surface area contributed by atoms with E-state index < -0.39 is 5.91 Å². The number of nitrogens with one attached hydrogen (secondary N) is 2. The molecule has 1 fully saturated rings. The molecule has 6 nitrogen and oxygen atoms in total. The maximum absolute atomic E-state index is 12.4. The summed E-state index contributed by atoms with van der Waals surface area (Å²) in [4.78, 5) is 20.7. The zero-order valence-corrected chi connectivity index (χ0v) is 14.3. The third-order valence-corrected chi connectivity index (χ3v) is 4.23. The van der Waals surface area contributed by atoms with E-state index in [-0.39, 0.29) is 11.8 Å². The molecule has 1 aliphatic heterocycles. The van der Waals surface area contributed by atoms with E-state index in [1.54, 1.807) is 18.2 Å². The van der Waals surface area contributed by atoms with Gasteiger partial charge in [0, 0.05) is 19.3 Å². The molecule has 0 bridgehead atoms. The van der Waals surface area contributed by atoms with Crippen molar-refractivity contribution in [3.8, 4) is 0 Å². The molecule has 2 heterocycles. The molecular formula is C16H16Cl2N4O2. The average Bonchev–Trinajstić information content (AvgIpc) is 3.10. The van der Waals surface area contributed by atoms with Gasteiger partial charge >= 0.3 is 0 Å². The lowest BCUT2D eigenvalue weighted by Crippen LogP contribution is -2.21. The number of halogens is 2. The van der Waals surface area contributed by atoms with Crippen LogP contribution in [0, 0.1) is 0 Å². The van der Waals surface area contributed by atoms with Crippen molar-refractivity contribution >= 4 is 40.7 Å². The van der Waals surface area contributed by atoms with Crippen molar-refractivity contribution in [3.05, 3.63) is 46.2 Å². The first kappa shape index (κ1) is 17.0. The van der Waals surface area contributed by atoms with Crippen LogP contribution in [0.3, 0.4) is 0 Å². The van der Waals surface area contributed by atoms with E-state index in [1.807, 2.05) is 0 Å². The summed E-state index contributed by atoms with van der Waals surface area (Å²) in [5.41, 5.74) is 0.578. The quantitative estimate of drug-likeness (QED) is 0.844. The Bertz CT molecular complexity index is 716. The van der Waals surface area contributed by atoms with Crippen molar-refractivity contribution in [1.29, 1.82) is 0 Å². The summed E-state index contributed by atoms with van der Waals surface area (Å²) in [6.45, 7) is 1.40. The van der Waals surface area contributed by atoms with Crippen LogP contribution in [0.25, 0.3) is 0 Å². The number of benzene rings is 1. The lowest BCUT2D eigenvalue weighted by atomic mass is 10.2. The molecule has 24 heavy (non-hydrogen) atoms. The first-order valence-electron chi connectivity index (χ1n) is 7.57. The summed E-state index contributed by atoms with van der Waals surface area (Å²) in [5.74, 6) is -0.0315. The number of para-hydroxylation sites is 1. The van der Waals surface area contributed by atoms with Gasteiger partial charge in [-0.05, 0) is 31.0 Å². The third kappa shape index (κ3) is 4.14. The maximum Gasteiger partial charge on any atom is 0.274 e. The van der Waals surface area contributed by atoms with Gasteiger partial charge in [-0.1, -0.05) is 29.3 Å². The molecule has 8 heteroatoms. The van der Waals surface area contributed by atoms with Gasteiger partial charge in [-0.25, -0.2) is 9.97 Å². The Kier molecular flexibility index (Phi) is 5.50. The molecule has 1 amide bonds. The Balaban J connectivity index is 1.67. The fourth-order valence-electron chi connectivity index (χ4n) is 2.38. The number of carbonyl (C=O) groups is 1. The number of rotatable bonds is 5. The number of amides is 1. The van der Waals surface area contributed by atoms with Crippen LogP contribution in [0.2, 0.25) is 10.0 Å². The van der Waals surface area contributed by atoms with Crippen LogP contribution < -0.4 is 10.6 Å². The predicted molar refractivity (Wildman–Crippen MR) is 93.9 cm³/mol. The molecule has 3 rings (SSSR count). The smallest absolute Gasteiger partial charge is 0.274 e. The van der Waals surface area contributed by atoms with Gasteiger partial charge < -0.3 is 15.4 Å². The molecule has 126 valence electrons. The number of hydrogen-bond donors (Lipinski definition) is 2. The van der Waals surface area contributed by atoms with Gasteiger partial charge in [0.1, 0.15) is 5.69 Å². The van der Waals surface area contributed by atoms with Gasteiger partial charge in [-0.2, -0.15) is 0 Å². The van der Waals surface area contributed by atoms with Gasteiger partial charge in [0.25, 0.3) is 5.91 Å². The summed E-state index contributed by atoms with van der Waals surface area (Å²) >= 11 is 12.1. The molecule has 1 aliphatic rings. The molecule has 2 N–H and O–H groups in total. The summed E-state index contributed by atoms with van der Waals surface area (Å²) < 4.78 is 5.53. The highest BCUT2D eigenvalue weighted by Crippen LogP contribution is 2.30. The first-order chi connectivity index (χ1) is 11.6. The van der Waals surface area contributed by atoms with Gasteiger partial charge in [0.15, 0.2) is 0 Å². The van der Waals surface area contributed by atoms with Crippen LogP contribution in [-0.4, -0.2) is 35.1 Å². The zero-order chi connectivity index (χ0) is 16.9. The topological polar surface area (TPSA) is 76.1 Å². The fourth-order valence-corrected chi connectivity index (χ4v) is 2.87. The SMILES string of the molecule is O=C(Nc1c(Cl)cccc1Cl)c1ccnc(NCC2CCCO2)n1. The van der Waals surface area contributed by atoms with Crippen LogP contribution in [-0.2, 0) is 4.74 Å². The fraction of sp³-hybridized carbons (Fsp3) is 0.312. The number of ether oxygens (including phenoxy) is 1. The Morgan fingerprint density at radius 2 is 2.08 bits per heavy atom. The van der Waals surface area contributed by atoms with Gasteiger partial charge in [0.2, 0.25) is 5.95 Å². The molecule has 1 atom stereocenters. The van der Waals surface area contributed by atoms with Crippen molar-refractivity contribution in [1.82, 2.24) is 9.97 Å². The normalized spacial score (nSPS) is 16.8. The highest BCUT2D eigenvalue weighted by molar-refractivity contribution is 6.39. The summed E-state index contributed by atoms with van der Waals surface area (Å²) in [7, 11) is 0.